The van der Waals surface area contributed by atoms with Crippen LogP contribution in [0.5, 0.6) is 0 Å². The Labute approximate surface area is 161 Å². The molecule has 2 aromatic carbocycles. The fourth-order valence-corrected chi connectivity index (χ4v) is 2.86. The SMILES string of the molecule is C=CC(C)(CCC=C(C)C)OC(=O)C(C)C(=O)c1ccc2ccccc2c1. The number of carbonyl (C=O) groups excluding carboxylic acids is 2. The van der Waals surface area contributed by atoms with Crippen LogP contribution in [-0.4, -0.2) is 17.4 Å². The molecule has 0 aliphatic heterocycles. The smallest absolute Gasteiger partial charge is 0.317 e. The van der Waals surface area contributed by atoms with Crippen LogP contribution >= 0.6 is 0 Å². The molecular weight excluding hydrogens is 336 g/mol. The number of hydrogen-bond donors (Lipinski definition) is 0. The second-order valence-electron chi connectivity index (χ2n) is 7.41. The fourth-order valence-electron chi connectivity index (χ4n) is 2.86. The van der Waals surface area contributed by atoms with Gasteiger partial charge >= 0.3 is 5.97 Å². The predicted molar refractivity (Wildman–Crippen MR) is 111 cm³/mol. The molecule has 2 aromatic rings. The molecule has 0 aromatic heterocycles. The van der Waals surface area contributed by atoms with E-state index in [1.165, 1.54) is 5.57 Å². The van der Waals surface area contributed by atoms with E-state index in [0.29, 0.717) is 12.0 Å². The van der Waals surface area contributed by atoms with Crippen LogP contribution in [0.1, 0.15) is 50.9 Å². The molecule has 0 radical (unpaired) electrons. The summed E-state index contributed by atoms with van der Waals surface area (Å²) in [7, 11) is 0. The van der Waals surface area contributed by atoms with Crippen molar-refractivity contribution < 1.29 is 14.3 Å². The summed E-state index contributed by atoms with van der Waals surface area (Å²) in [5.41, 5.74) is 0.941. The Bertz CT molecular complexity index is 874. The maximum Gasteiger partial charge on any atom is 0.317 e. The van der Waals surface area contributed by atoms with Gasteiger partial charge < -0.3 is 4.74 Å². The standard InChI is InChI=1S/C24H28O3/c1-6-24(5,15-9-10-17(2)3)27-23(26)18(4)22(25)21-14-13-19-11-7-8-12-20(19)16-21/h6-8,10-14,16,18H,1,9,15H2,2-5H3. The summed E-state index contributed by atoms with van der Waals surface area (Å²) in [6, 6.07) is 13.3. The van der Waals surface area contributed by atoms with Crippen molar-refractivity contribution in [1.29, 1.82) is 0 Å². The summed E-state index contributed by atoms with van der Waals surface area (Å²) < 4.78 is 5.65. The minimum atomic E-state index is -0.867. The Morgan fingerprint density at radius 1 is 1.15 bits per heavy atom. The van der Waals surface area contributed by atoms with E-state index in [0.717, 1.165) is 17.2 Å². The number of ether oxygens (including phenoxy) is 1. The molecule has 0 amide bonds. The molecule has 0 bridgehead atoms. The van der Waals surface area contributed by atoms with Crippen LogP contribution in [0.3, 0.4) is 0 Å². The molecule has 0 heterocycles. The molecule has 2 unspecified atom stereocenters. The number of esters is 1. The van der Waals surface area contributed by atoms with Crippen LogP contribution in [0.15, 0.2) is 66.8 Å². The minimum Gasteiger partial charge on any atom is -0.455 e. The normalized spacial score (nSPS) is 14.1. The van der Waals surface area contributed by atoms with Crippen LogP contribution in [-0.2, 0) is 9.53 Å². The van der Waals surface area contributed by atoms with Crippen molar-refractivity contribution in [2.45, 2.75) is 46.1 Å². The van der Waals surface area contributed by atoms with Gasteiger partial charge in [-0.1, -0.05) is 54.6 Å². The van der Waals surface area contributed by atoms with Gasteiger partial charge in [0.15, 0.2) is 5.78 Å². The van der Waals surface area contributed by atoms with E-state index in [9.17, 15) is 9.59 Å². The van der Waals surface area contributed by atoms with Gasteiger partial charge in [-0.25, -0.2) is 0 Å². The summed E-state index contributed by atoms with van der Waals surface area (Å²) in [5, 5.41) is 2.03. The predicted octanol–water partition coefficient (Wildman–Crippen LogP) is 5.89. The summed E-state index contributed by atoms with van der Waals surface area (Å²) in [4.78, 5) is 25.4. The van der Waals surface area contributed by atoms with Gasteiger partial charge in [-0.05, 0) is 63.5 Å². The highest BCUT2D eigenvalue weighted by atomic mass is 16.6. The number of benzene rings is 2. The molecule has 27 heavy (non-hydrogen) atoms. The van der Waals surface area contributed by atoms with E-state index < -0.39 is 17.5 Å². The van der Waals surface area contributed by atoms with Crippen LogP contribution in [0, 0.1) is 5.92 Å². The molecule has 0 spiro atoms. The molecular formula is C24H28O3. The average Bonchev–Trinajstić information content (AvgIpc) is 2.66. The van der Waals surface area contributed by atoms with Gasteiger partial charge in [0.05, 0.1) is 0 Å². The lowest BCUT2D eigenvalue weighted by molar-refractivity contribution is -0.156. The zero-order valence-electron chi connectivity index (χ0n) is 16.6. The van der Waals surface area contributed by atoms with Gasteiger partial charge in [0, 0.05) is 5.56 Å². The van der Waals surface area contributed by atoms with E-state index in [1.54, 1.807) is 19.1 Å². The maximum absolute atomic E-state index is 12.8. The Hall–Kier alpha value is -2.68. The highest BCUT2D eigenvalue weighted by molar-refractivity contribution is 6.09. The topological polar surface area (TPSA) is 43.4 Å². The van der Waals surface area contributed by atoms with Crippen LogP contribution in [0.25, 0.3) is 10.8 Å². The third kappa shape index (κ3) is 5.40. The first kappa shape index (κ1) is 20.6. The largest absolute Gasteiger partial charge is 0.455 e. The minimum absolute atomic E-state index is 0.235. The fraction of sp³-hybridized carbons (Fsp3) is 0.333. The molecule has 0 aliphatic carbocycles. The molecule has 2 rings (SSSR count). The Balaban J connectivity index is 2.10. The molecule has 3 nitrogen and oxygen atoms in total. The van der Waals surface area contributed by atoms with Crippen LogP contribution < -0.4 is 0 Å². The molecule has 0 saturated heterocycles. The van der Waals surface area contributed by atoms with Gasteiger partial charge in [-0.2, -0.15) is 0 Å². The molecule has 142 valence electrons. The lowest BCUT2D eigenvalue weighted by atomic mass is 9.95. The summed E-state index contributed by atoms with van der Waals surface area (Å²) in [6.07, 6.45) is 5.14. The van der Waals surface area contributed by atoms with Gasteiger partial charge in [0.1, 0.15) is 11.5 Å². The first-order valence-corrected chi connectivity index (χ1v) is 9.28. The molecule has 0 fully saturated rings. The van der Waals surface area contributed by atoms with Crippen molar-refractivity contribution in [3.63, 3.8) is 0 Å². The Morgan fingerprint density at radius 3 is 2.44 bits per heavy atom. The quantitative estimate of drug-likeness (QED) is 0.254. The third-order valence-corrected chi connectivity index (χ3v) is 4.74. The van der Waals surface area contributed by atoms with E-state index in [-0.39, 0.29) is 5.78 Å². The van der Waals surface area contributed by atoms with Crippen LogP contribution in [0.2, 0.25) is 0 Å². The van der Waals surface area contributed by atoms with Crippen molar-refractivity contribution >= 4 is 22.5 Å². The van der Waals surface area contributed by atoms with Crippen LogP contribution in [0.4, 0.5) is 0 Å². The van der Waals surface area contributed by atoms with E-state index in [1.807, 2.05) is 57.2 Å². The molecule has 3 heteroatoms. The van der Waals surface area contributed by atoms with Gasteiger partial charge in [-0.3, -0.25) is 9.59 Å². The highest BCUT2D eigenvalue weighted by Crippen LogP contribution is 2.24. The molecule has 2 atom stereocenters. The zero-order chi connectivity index (χ0) is 20.0. The molecule has 0 aliphatic rings. The van der Waals surface area contributed by atoms with Crippen molar-refractivity contribution in [3.8, 4) is 0 Å². The van der Waals surface area contributed by atoms with E-state index >= 15 is 0 Å². The average molecular weight is 364 g/mol. The molecule has 0 N–H and O–H groups in total. The van der Waals surface area contributed by atoms with Crippen molar-refractivity contribution in [3.05, 3.63) is 72.3 Å². The van der Waals surface area contributed by atoms with Crippen molar-refractivity contribution in [1.82, 2.24) is 0 Å². The third-order valence-electron chi connectivity index (χ3n) is 4.74. The lowest BCUT2D eigenvalue weighted by Crippen LogP contribution is -2.34. The number of carbonyl (C=O) groups is 2. The summed E-state index contributed by atoms with van der Waals surface area (Å²) >= 11 is 0. The number of ketones is 1. The van der Waals surface area contributed by atoms with Crippen molar-refractivity contribution in [2.75, 3.05) is 0 Å². The first-order chi connectivity index (χ1) is 12.8. The number of Topliss-reactive ketones (excluding diaryl/α,β-unsaturated/α-hetero) is 1. The van der Waals surface area contributed by atoms with Gasteiger partial charge in [0.2, 0.25) is 0 Å². The number of rotatable bonds is 8. The van der Waals surface area contributed by atoms with E-state index in [2.05, 4.69) is 12.7 Å². The highest BCUT2D eigenvalue weighted by Gasteiger charge is 2.31. The Morgan fingerprint density at radius 2 is 1.81 bits per heavy atom. The maximum atomic E-state index is 12.8. The summed E-state index contributed by atoms with van der Waals surface area (Å²) in [5.74, 6) is -1.62. The zero-order valence-corrected chi connectivity index (χ0v) is 16.6. The first-order valence-electron chi connectivity index (χ1n) is 9.28. The second-order valence-corrected chi connectivity index (χ2v) is 7.41. The number of allylic oxidation sites excluding steroid dienone is 2. The second kappa shape index (κ2) is 8.81. The number of hydrogen-bond acceptors (Lipinski definition) is 3. The van der Waals surface area contributed by atoms with Gasteiger partial charge in [-0.15, -0.1) is 0 Å². The van der Waals surface area contributed by atoms with Crippen molar-refractivity contribution in [2.24, 2.45) is 5.92 Å². The monoisotopic (exact) mass is 364 g/mol. The van der Waals surface area contributed by atoms with E-state index in [4.69, 9.17) is 4.74 Å². The Kier molecular flexibility index (Phi) is 6.73. The lowest BCUT2D eigenvalue weighted by Gasteiger charge is -2.27. The summed E-state index contributed by atoms with van der Waals surface area (Å²) in [6.45, 7) is 11.3. The number of fused-ring (bicyclic) bond motifs is 1. The van der Waals surface area contributed by atoms with Gasteiger partial charge in [0.25, 0.3) is 0 Å². The molecule has 0 saturated carbocycles.